The van der Waals surface area contributed by atoms with Crippen molar-refractivity contribution in [3.05, 3.63) is 51.4 Å². The van der Waals surface area contributed by atoms with Gasteiger partial charge in [0.2, 0.25) is 0 Å². The second-order valence-electron chi connectivity index (χ2n) is 4.10. The third kappa shape index (κ3) is 2.18. The van der Waals surface area contributed by atoms with Gasteiger partial charge >= 0.3 is 0 Å². The van der Waals surface area contributed by atoms with Crippen molar-refractivity contribution in [2.45, 2.75) is 19.2 Å². The smallest absolute Gasteiger partial charge is 0.275 e. The molecule has 0 bridgehead atoms. The first-order chi connectivity index (χ1) is 8.54. The molecule has 1 aromatic heterocycles. The molecule has 94 valence electrons. The maximum atomic E-state index is 11.9. The maximum Gasteiger partial charge on any atom is 0.275 e. The number of rotatable bonds is 2. The van der Waals surface area contributed by atoms with Crippen molar-refractivity contribution in [1.82, 2.24) is 9.78 Å². The summed E-state index contributed by atoms with van der Waals surface area (Å²) in [7, 11) is 0. The fourth-order valence-corrected chi connectivity index (χ4v) is 2.28. The van der Waals surface area contributed by atoms with E-state index in [-0.39, 0.29) is 11.3 Å². The molecule has 18 heavy (non-hydrogen) atoms. The lowest BCUT2D eigenvalue weighted by atomic mass is 10.1. The van der Waals surface area contributed by atoms with E-state index in [4.69, 9.17) is 0 Å². The van der Waals surface area contributed by atoms with Crippen LogP contribution < -0.4 is 5.56 Å². The van der Waals surface area contributed by atoms with Crippen molar-refractivity contribution < 1.29 is 5.11 Å². The van der Waals surface area contributed by atoms with Gasteiger partial charge in [0.25, 0.3) is 5.56 Å². The highest BCUT2D eigenvalue weighted by Crippen LogP contribution is 2.19. The zero-order valence-electron chi connectivity index (χ0n) is 10.1. The van der Waals surface area contributed by atoms with E-state index in [1.165, 1.54) is 10.7 Å². The Balaban J connectivity index is 2.75. The number of hydrogen-bond acceptors (Lipinski definition) is 3. The van der Waals surface area contributed by atoms with Crippen LogP contribution in [0.5, 0.6) is 5.75 Å². The van der Waals surface area contributed by atoms with E-state index in [2.05, 4.69) is 21.0 Å². The lowest BCUT2D eigenvalue weighted by Crippen LogP contribution is -2.23. The first-order valence-electron chi connectivity index (χ1n) is 5.49. The summed E-state index contributed by atoms with van der Waals surface area (Å²) in [6.45, 7) is 3.86. The number of nitrogens with zero attached hydrogens (tertiary/aromatic N) is 2. The summed E-state index contributed by atoms with van der Waals surface area (Å²) in [4.78, 5) is 11.9. The number of hydrogen-bond donors (Lipinski definition) is 1. The Hall–Kier alpha value is -1.62. The molecule has 5 heteroatoms. The quantitative estimate of drug-likeness (QED) is 0.867. The SMILES string of the molecule is Cc1cccc(C)c1-n1nc(CBr)c(O)cc1=O. The highest BCUT2D eigenvalue weighted by atomic mass is 79.9. The molecule has 0 aliphatic heterocycles. The molecule has 0 unspecified atom stereocenters. The van der Waals surface area contributed by atoms with Crippen molar-refractivity contribution in [2.24, 2.45) is 0 Å². The van der Waals surface area contributed by atoms with Crippen LogP contribution in [0.2, 0.25) is 0 Å². The topological polar surface area (TPSA) is 55.1 Å². The second-order valence-corrected chi connectivity index (χ2v) is 4.66. The van der Waals surface area contributed by atoms with Gasteiger partial charge in [-0.15, -0.1) is 0 Å². The molecule has 0 saturated carbocycles. The van der Waals surface area contributed by atoms with E-state index in [1.807, 2.05) is 32.0 Å². The normalized spacial score (nSPS) is 10.6. The van der Waals surface area contributed by atoms with Gasteiger partial charge in [-0.05, 0) is 25.0 Å². The fourth-order valence-electron chi connectivity index (χ4n) is 1.88. The van der Waals surface area contributed by atoms with E-state index in [9.17, 15) is 9.90 Å². The van der Waals surface area contributed by atoms with Crippen molar-refractivity contribution >= 4 is 15.9 Å². The molecular formula is C13H13BrN2O2. The van der Waals surface area contributed by atoms with E-state index >= 15 is 0 Å². The Kier molecular flexibility index (Phi) is 3.52. The standard InChI is InChI=1S/C13H13BrN2O2/c1-8-4-3-5-9(2)13(8)16-12(18)6-11(17)10(7-14)15-16/h3-6,17H,7H2,1-2H3. The lowest BCUT2D eigenvalue weighted by Gasteiger charge is -2.12. The predicted molar refractivity (Wildman–Crippen MR) is 73.6 cm³/mol. The van der Waals surface area contributed by atoms with E-state index in [0.29, 0.717) is 11.0 Å². The minimum Gasteiger partial charge on any atom is -0.506 e. The van der Waals surface area contributed by atoms with Gasteiger partial charge in [0.15, 0.2) is 0 Å². The molecular weight excluding hydrogens is 296 g/mol. The molecule has 0 fully saturated rings. The number of aromatic hydroxyl groups is 1. The van der Waals surface area contributed by atoms with Crippen molar-refractivity contribution in [1.29, 1.82) is 0 Å². The van der Waals surface area contributed by atoms with Crippen LogP contribution in [-0.2, 0) is 5.33 Å². The number of alkyl halides is 1. The molecule has 0 saturated heterocycles. The van der Waals surface area contributed by atoms with Gasteiger partial charge in [0.1, 0.15) is 11.4 Å². The van der Waals surface area contributed by atoms with Crippen LogP contribution in [0.1, 0.15) is 16.8 Å². The van der Waals surface area contributed by atoms with E-state index in [1.54, 1.807) is 0 Å². The Morgan fingerprint density at radius 3 is 2.50 bits per heavy atom. The number of aryl methyl sites for hydroxylation is 2. The maximum absolute atomic E-state index is 11.9. The molecule has 2 aromatic rings. The van der Waals surface area contributed by atoms with Gasteiger partial charge in [-0.3, -0.25) is 4.79 Å². The first-order valence-corrected chi connectivity index (χ1v) is 6.61. The second kappa shape index (κ2) is 4.94. The van der Waals surface area contributed by atoms with Gasteiger partial charge in [-0.1, -0.05) is 34.1 Å². The molecule has 0 aliphatic carbocycles. The minimum atomic E-state index is -0.338. The molecule has 0 amide bonds. The summed E-state index contributed by atoms with van der Waals surface area (Å²) in [5.74, 6) is -0.0839. The summed E-state index contributed by atoms with van der Waals surface area (Å²) in [5, 5.41) is 14.2. The van der Waals surface area contributed by atoms with E-state index in [0.717, 1.165) is 16.8 Å². The van der Waals surface area contributed by atoms with Gasteiger partial charge < -0.3 is 5.11 Å². The molecule has 1 N–H and O–H groups in total. The number of aromatic nitrogens is 2. The third-order valence-corrected chi connectivity index (χ3v) is 3.29. The monoisotopic (exact) mass is 308 g/mol. The van der Waals surface area contributed by atoms with Crippen LogP contribution in [0.25, 0.3) is 5.69 Å². The molecule has 0 radical (unpaired) electrons. The summed E-state index contributed by atoms with van der Waals surface area (Å²) < 4.78 is 1.33. The van der Waals surface area contributed by atoms with Crippen LogP contribution in [0.15, 0.2) is 29.1 Å². The average molecular weight is 309 g/mol. The molecule has 0 spiro atoms. The number of halogens is 1. The minimum absolute atomic E-state index is 0.0839. The van der Waals surface area contributed by atoms with E-state index < -0.39 is 0 Å². The predicted octanol–water partition coefficient (Wildman–Crippen LogP) is 2.45. The fraction of sp³-hybridized carbons (Fsp3) is 0.231. The zero-order valence-corrected chi connectivity index (χ0v) is 11.7. The highest BCUT2D eigenvalue weighted by molar-refractivity contribution is 9.08. The van der Waals surface area contributed by atoms with Crippen molar-refractivity contribution in [3.8, 4) is 11.4 Å². The molecule has 2 rings (SSSR count). The Bertz CT molecular complexity index is 630. The van der Waals surface area contributed by atoms with Crippen LogP contribution in [0, 0.1) is 13.8 Å². The number of para-hydroxylation sites is 1. The molecule has 1 aromatic carbocycles. The first kappa shape index (κ1) is 12.8. The van der Waals surface area contributed by atoms with Crippen LogP contribution >= 0.6 is 15.9 Å². The molecule has 1 heterocycles. The molecule has 0 atom stereocenters. The van der Waals surface area contributed by atoms with Gasteiger partial charge in [0, 0.05) is 6.07 Å². The Morgan fingerprint density at radius 2 is 1.94 bits per heavy atom. The van der Waals surface area contributed by atoms with Gasteiger partial charge in [-0.25, -0.2) is 0 Å². The van der Waals surface area contributed by atoms with Crippen molar-refractivity contribution in [3.63, 3.8) is 0 Å². The summed E-state index contributed by atoms with van der Waals surface area (Å²) in [6.07, 6.45) is 0. The Morgan fingerprint density at radius 1 is 1.33 bits per heavy atom. The molecule has 0 aliphatic rings. The third-order valence-electron chi connectivity index (χ3n) is 2.76. The van der Waals surface area contributed by atoms with Gasteiger partial charge in [-0.2, -0.15) is 9.78 Å². The summed E-state index contributed by atoms with van der Waals surface area (Å²) in [6, 6.07) is 6.98. The highest BCUT2D eigenvalue weighted by Gasteiger charge is 2.11. The van der Waals surface area contributed by atoms with Crippen LogP contribution in [0.3, 0.4) is 0 Å². The lowest BCUT2D eigenvalue weighted by molar-refractivity contribution is 0.460. The summed E-state index contributed by atoms with van der Waals surface area (Å²) >= 11 is 3.24. The van der Waals surface area contributed by atoms with Crippen LogP contribution in [0.4, 0.5) is 0 Å². The Labute approximate surface area is 113 Å². The largest absolute Gasteiger partial charge is 0.506 e. The number of benzene rings is 1. The summed E-state index contributed by atoms with van der Waals surface area (Å²) in [5.41, 5.74) is 2.81. The van der Waals surface area contributed by atoms with Crippen molar-refractivity contribution in [2.75, 3.05) is 0 Å². The van der Waals surface area contributed by atoms with Crippen LogP contribution in [-0.4, -0.2) is 14.9 Å². The van der Waals surface area contributed by atoms with Gasteiger partial charge in [0.05, 0.1) is 11.0 Å². The zero-order chi connectivity index (χ0) is 13.3. The molecule has 4 nitrogen and oxygen atoms in total. The average Bonchev–Trinajstić information content (AvgIpc) is 2.31.